The Hall–Kier alpha value is -2.87. The van der Waals surface area contributed by atoms with Gasteiger partial charge in [0.25, 0.3) is 11.5 Å². The smallest absolute Gasteiger partial charge is 0.263 e. The largest absolute Gasteiger partial charge is 0.323 e. The van der Waals surface area contributed by atoms with Gasteiger partial charge in [-0.05, 0) is 37.0 Å². The standard InChI is InChI=1S/C19H19N3O2/c1-21(19(14-20)10-6-11-19)17(23)16-9-5-12-22(18(16)24)13-15-7-3-2-4-8-15/h2-5,7-9,12H,6,10-11,13H2,1H3. The summed E-state index contributed by atoms with van der Waals surface area (Å²) in [5.41, 5.74) is 0.0111. The van der Waals surface area contributed by atoms with Crippen molar-refractivity contribution >= 4 is 5.91 Å². The van der Waals surface area contributed by atoms with Gasteiger partial charge in [-0.2, -0.15) is 5.26 Å². The fourth-order valence-corrected chi connectivity index (χ4v) is 3.01. The average molecular weight is 321 g/mol. The SMILES string of the molecule is CN(C(=O)c1cccn(Cc2ccccc2)c1=O)C1(C#N)CCC1. The predicted molar refractivity (Wildman–Crippen MR) is 90.5 cm³/mol. The van der Waals surface area contributed by atoms with Crippen LogP contribution in [0.5, 0.6) is 0 Å². The van der Waals surface area contributed by atoms with Gasteiger partial charge in [-0.1, -0.05) is 30.3 Å². The quantitative estimate of drug-likeness (QED) is 0.868. The molecule has 0 spiro atoms. The van der Waals surface area contributed by atoms with Crippen LogP contribution in [0.4, 0.5) is 0 Å². The van der Waals surface area contributed by atoms with E-state index < -0.39 is 5.54 Å². The zero-order valence-corrected chi connectivity index (χ0v) is 13.6. The lowest BCUT2D eigenvalue weighted by Crippen LogP contribution is -2.54. The lowest BCUT2D eigenvalue weighted by molar-refractivity contribution is 0.0495. The number of nitrogens with zero attached hydrogens (tertiary/aromatic N) is 3. The van der Waals surface area contributed by atoms with Crippen molar-refractivity contribution < 1.29 is 4.79 Å². The number of pyridine rings is 1. The molecule has 122 valence electrons. The molecule has 1 aromatic carbocycles. The minimum Gasteiger partial charge on any atom is -0.323 e. The van der Waals surface area contributed by atoms with Crippen LogP contribution in [0.2, 0.25) is 0 Å². The van der Waals surface area contributed by atoms with E-state index in [1.54, 1.807) is 19.3 Å². The van der Waals surface area contributed by atoms with Crippen molar-refractivity contribution in [1.29, 1.82) is 5.26 Å². The lowest BCUT2D eigenvalue weighted by atomic mass is 9.76. The molecule has 3 rings (SSSR count). The van der Waals surface area contributed by atoms with E-state index in [1.165, 1.54) is 15.5 Å². The molecule has 2 aromatic rings. The second kappa shape index (κ2) is 6.32. The van der Waals surface area contributed by atoms with Gasteiger partial charge in [-0.25, -0.2) is 0 Å². The normalized spacial score (nSPS) is 15.2. The van der Waals surface area contributed by atoms with Gasteiger partial charge in [-0.15, -0.1) is 0 Å². The van der Waals surface area contributed by atoms with Crippen molar-refractivity contribution in [2.45, 2.75) is 31.3 Å². The van der Waals surface area contributed by atoms with Gasteiger partial charge in [0.2, 0.25) is 0 Å². The Bertz CT molecular complexity index is 845. The maximum absolute atomic E-state index is 12.7. The van der Waals surface area contributed by atoms with Gasteiger partial charge in [0.15, 0.2) is 0 Å². The molecule has 0 saturated heterocycles. The summed E-state index contributed by atoms with van der Waals surface area (Å²) in [7, 11) is 1.61. The molecule has 0 aliphatic heterocycles. The van der Waals surface area contributed by atoms with Crippen LogP contribution >= 0.6 is 0 Å². The Balaban J connectivity index is 1.89. The topological polar surface area (TPSA) is 66.1 Å². The third-order valence-corrected chi connectivity index (χ3v) is 4.78. The van der Waals surface area contributed by atoms with Crippen LogP contribution in [0, 0.1) is 11.3 Å². The van der Waals surface area contributed by atoms with Crippen LogP contribution in [0.3, 0.4) is 0 Å². The molecular weight excluding hydrogens is 302 g/mol. The first-order valence-corrected chi connectivity index (χ1v) is 8.00. The van der Waals surface area contributed by atoms with E-state index in [9.17, 15) is 14.9 Å². The van der Waals surface area contributed by atoms with Crippen LogP contribution in [0.25, 0.3) is 0 Å². The van der Waals surface area contributed by atoms with E-state index in [0.29, 0.717) is 19.4 Å². The highest BCUT2D eigenvalue weighted by molar-refractivity contribution is 5.94. The first kappa shape index (κ1) is 16.0. The molecule has 5 nitrogen and oxygen atoms in total. The molecule has 0 bridgehead atoms. The van der Waals surface area contributed by atoms with E-state index in [2.05, 4.69) is 6.07 Å². The minimum atomic E-state index is -0.760. The van der Waals surface area contributed by atoms with E-state index >= 15 is 0 Å². The Morgan fingerprint density at radius 3 is 2.54 bits per heavy atom. The van der Waals surface area contributed by atoms with Gasteiger partial charge in [0, 0.05) is 13.2 Å². The number of nitriles is 1. The van der Waals surface area contributed by atoms with E-state index in [0.717, 1.165) is 12.0 Å². The number of rotatable bonds is 4. The third-order valence-electron chi connectivity index (χ3n) is 4.78. The molecule has 0 unspecified atom stereocenters. The molecule has 1 aliphatic rings. The summed E-state index contributed by atoms with van der Waals surface area (Å²) >= 11 is 0. The fourth-order valence-electron chi connectivity index (χ4n) is 3.01. The first-order valence-electron chi connectivity index (χ1n) is 8.00. The van der Waals surface area contributed by atoms with Gasteiger partial charge in [0.1, 0.15) is 11.1 Å². The van der Waals surface area contributed by atoms with Crippen molar-refractivity contribution in [3.8, 4) is 6.07 Å². The maximum Gasteiger partial charge on any atom is 0.263 e. The Morgan fingerprint density at radius 2 is 1.96 bits per heavy atom. The molecule has 1 aromatic heterocycles. The van der Waals surface area contributed by atoms with Crippen molar-refractivity contribution in [3.05, 3.63) is 70.1 Å². The number of hydrogen-bond acceptors (Lipinski definition) is 3. The first-order chi connectivity index (χ1) is 11.6. The van der Waals surface area contributed by atoms with Crippen molar-refractivity contribution in [3.63, 3.8) is 0 Å². The summed E-state index contributed by atoms with van der Waals surface area (Å²) in [6.45, 7) is 0.411. The van der Waals surface area contributed by atoms with Gasteiger partial charge in [-0.3, -0.25) is 9.59 Å². The predicted octanol–water partition coefficient (Wildman–Crippen LogP) is 2.41. The molecule has 1 heterocycles. The zero-order valence-electron chi connectivity index (χ0n) is 13.6. The molecule has 0 N–H and O–H groups in total. The van der Waals surface area contributed by atoms with Gasteiger partial charge < -0.3 is 9.47 Å². The monoisotopic (exact) mass is 321 g/mol. The van der Waals surface area contributed by atoms with Crippen molar-refractivity contribution in [1.82, 2.24) is 9.47 Å². The Morgan fingerprint density at radius 1 is 1.25 bits per heavy atom. The highest BCUT2D eigenvalue weighted by atomic mass is 16.2. The van der Waals surface area contributed by atoms with E-state index in [1.807, 2.05) is 30.3 Å². The summed E-state index contributed by atoms with van der Waals surface area (Å²) < 4.78 is 1.52. The summed E-state index contributed by atoms with van der Waals surface area (Å²) in [6.07, 6.45) is 3.93. The summed E-state index contributed by atoms with van der Waals surface area (Å²) in [5, 5.41) is 9.39. The molecule has 5 heteroatoms. The van der Waals surface area contributed by atoms with Crippen LogP contribution in [0.15, 0.2) is 53.5 Å². The third kappa shape index (κ3) is 2.71. The summed E-state index contributed by atoms with van der Waals surface area (Å²) in [5.74, 6) is -0.385. The van der Waals surface area contributed by atoms with Crippen LogP contribution in [-0.4, -0.2) is 28.0 Å². The number of carbonyl (C=O) groups excluding carboxylic acids is 1. The van der Waals surface area contributed by atoms with E-state index in [-0.39, 0.29) is 17.0 Å². The number of benzene rings is 1. The van der Waals surface area contributed by atoms with E-state index in [4.69, 9.17) is 0 Å². The lowest BCUT2D eigenvalue weighted by Gasteiger charge is -2.42. The number of amides is 1. The van der Waals surface area contributed by atoms with Crippen molar-refractivity contribution in [2.24, 2.45) is 0 Å². The summed E-state index contributed by atoms with van der Waals surface area (Å²) in [6, 6.07) is 15.1. The van der Waals surface area contributed by atoms with Crippen LogP contribution in [-0.2, 0) is 6.54 Å². The number of hydrogen-bond donors (Lipinski definition) is 0. The number of aromatic nitrogens is 1. The molecule has 1 saturated carbocycles. The average Bonchev–Trinajstić information content (AvgIpc) is 2.56. The fraction of sp³-hybridized carbons (Fsp3) is 0.316. The molecule has 1 aliphatic carbocycles. The minimum absolute atomic E-state index is 0.109. The van der Waals surface area contributed by atoms with Gasteiger partial charge in [0.05, 0.1) is 12.6 Å². The van der Waals surface area contributed by atoms with Gasteiger partial charge >= 0.3 is 0 Å². The highest BCUT2D eigenvalue weighted by Crippen LogP contribution is 2.36. The molecule has 0 atom stereocenters. The van der Waals surface area contributed by atoms with Crippen molar-refractivity contribution in [2.75, 3.05) is 7.05 Å². The molecule has 1 amide bonds. The molecule has 24 heavy (non-hydrogen) atoms. The molecule has 0 radical (unpaired) electrons. The Kier molecular flexibility index (Phi) is 4.22. The Labute approximate surface area is 140 Å². The molecular formula is C19H19N3O2. The zero-order chi connectivity index (χ0) is 17.2. The second-order valence-corrected chi connectivity index (χ2v) is 6.20. The van der Waals surface area contributed by atoms with Crippen LogP contribution < -0.4 is 5.56 Å². The second-order valence-electron chi connectivity index (χ2n) is 6.20. The summed E-state index contributed by atoms with van der Waals surface area (Å²) in [4.78, 5) is 26.8. The maximum atomic E-state index is 12.7. The molecule has 1 fully saturated rings. The number of carbonyl (C=O) groups is 1. The van der Waals surface area contributed by atoms with Crippen LogP contribution in [0.1, 0.15) is 35.2 Å². The highest BCUT2D eigenvalue weighted by Gasteiger charge is 2.44.